The summed E-state index contributed by atoms with van der Waals surface area (Å²) in [4.78, 5) is 10.9. The number of hydrogen-bond donors (Lipinski definition) is 1. The molecule has 0 fully saturated rings. The lowest BCUT2D eigenvalue weighted by Crippen LogP contribution is -2.26. The van der Waals surface area contributed by atoms with Crippen LogP contribution < -0.4 is 5.32 Å². The number of carbonyl (C=O) groups is 1. The van der Waals surface area contributed by atoms with Gasteiger partial charge in [0.2, 0.25) is 0 Å². The Kier molecular flexibility index (Phi) is 5.04. The smallest absolute Gasteiger partial charge is 0.319 e. The molecule has 0 aliphatic rings. The van der Waals surface area contributed by atoms with Gasteiger partial charge in [0.05, 0.1) is 13.7 Å². The number of nitrogens with one attached hydrogen (secondary N) is 1. The summed E-state index contributed by atoms with van der Waals surface area (Å²) in [6.07, 6.45) is 0. The first kappa shape index (κ1) is 12.4. The molecule has 0 saturated carbocycles. The normalized spacial score (nSPS) is 12.2. The highest BCUT2D eigenvalue weighted by molar-refractivity contribution is 14.1. The summed E-state index contributed by atoms with van der Waals surface area (Å²) < 4.78 is 5.76. The van der Waals surface area contributed by atoms with Gasteiger partial charge in [-0.2, -0.15) is 0 Å². The first-order chi connectivity index (χ1) is 7.13. The van der Waals surface area contributed by atoms with Crippen molar-refractivity contribution in [1.82, 2.24) is 5.32 Å². The van der Waals surface area contributed by atoms with Crippen molar-refractivity contribution in [2.45, 2.75) is 13.0 Å². The van der Waals surface area contributed by atoms with Crippen molar-refractivity contribution in [3.8, 4) is 0 Å². The SMILES string of the molecule is COC(=O)CN[C@H](C)c1ccc(I)cc1. The Balaban J connectivity index is 2.50. The average molecular weight is 319 g/mol. The number of esters is 1. The molecule has 0 aliphatic heterocycles. The van der Waals surface area contributed by atoms with Gasteiger partial charge in [-0.3, -0.25) is 4.79 Å². The van der Waals surface area contributed by atoms with Gasteiger partial charge < -0.3 is 10.1 Å². The molecule has 1 N–H and O–H groups in total. The zero-order valence-corrected chi connectivity index (χ0v) is 10.9. The van der Waals surface area contributed by atoms with E-state index in [1.807, 2.05) is 19.1 Å². The van der Waals surface area contributed by atoms with Crippen LogP contribution in [0.4, 0.5) is 0 Å². The van der Waals surface area contributed by atoms with Crippen molar-refractivity contribution in [3.05, 3.63) is 33.4 Å². The Bertz CT molecular complexity index is 324. The molecule has 4 heteroatoms. The fraction of sp³-hybridized carbons (Fsp3) is 0.364. The van der Waals surface area contributed by atoms with E-state index in [-0.39, 0.29) is 18.6 Å². The van der Waals surface area contributed by atoms with Crippen LogP contribution in [-0.2, 0) is 9.53 Å². The molecule has 82 valence electrons. The predicted molar refractivity (Wildman–Crippen MR) is 67.6 cm³/mol. The Morgan fingerprint density at radius 1 is 1.47 bits per heavy atom. The van der Waals surface area contributed by atoms with Gasteiger partial charge >= 0.3 is 5.97 Å². The van der Waals surface area contributed by atoms with E-state index in [0.29, 0.717) is 0 Å². The maximum atomic E-state index is 10.9. The Labute approximate surface area is 103 Å². The minimum absolute atomic E-state index is 0.154. The van der Waals surface area contributed by atoms with Gasteiger partial charge in [-0.25, -0.2) is 0 Å². The van der Waals surface area contributed by atoms with E-state index in [1.54, 1.807) is 0 Å². The molecule has 0 radical (unpaired) electrons. The van der Waals surface area contributed by atoms with Gasteiger partial charge in [0.1, 0.15) is 0 Å². The molecule has 1 aromatic rings. The molecule has 0 aromatic heterocycles. The minimum Gasteiger partial charge on any atom is -0.468 e. The van der Waals surface area contributed by atoms with Gasteiger partial charge in [0.25, 0.3) is 0 Å². The van der Waals surface area contributed by atoms with Crippen molar-refractivity contribution < 1.29 is 9.53 Å². The van der Waals surface area contributed by atoms with E-state index in [0.717, 1.165) is 0 Å². The maximum absolute atomic E-state index is 10.9. The van der Waals surface area contributed by atoms with Crippen LogP contribution in [0.1, 0.15) is 18.5 Å². The van der Waals surface area contributed by atoms with Crippen molar-refractivity contribution in [1.29, 1.82) is 0 Å². The monoisotopic (exact) mass is 319 g/mol. The second kappa shape index (κ2) is 6.07. The summed E-state index contributed by atoms with van der Waals surface area (Å²) in [5.41, 5.74) is 1.17. The Morgan fingerprint density at radius 3 is 2.60 bits per heavy atom. The summed E-state index contributed by atoms with van der Waals surface area (Å²) in [6, 6.07) is 8.35. The third-order valence-electron chi connectivity index (χ3n) is 2.15. The second-order valence-electron chi connectivity index (χ2n) is 3.23. The van der Waals surface area contributed by atoms with Gasteiger partial charge in [0, 0.05) is 9.61 Å². The van der Waals surface area contributed by atoms with Crippen LogP contribution in [-0.4, -0.2) is 19.6 Å². The van der Waals surface area contributed by atoms with Gasteiger partial charge in [-0.05, 0) is 47.2 Å². The van der Waals surface area contributed by atoms with Crippen LogP contribution in [0.5, 0.6) is 0 Å². The molecular weight excluding hydrogens is 305 g/mol. The Morgan fingerprint density at radius 2 is 2.07 bits per heavy atom. The van der Waals surface area contributed by atoms with Crippen LogP contribution in [0.25, 0.3) is 0 Å². The third kappa shape index (κ3) is 4.17. The van der Waals surface area contributed by atoms with Crippen molar-refractivity contribution in [2.24, 2.45) is 0 Å². The van der Waals surface area contributed by atoms with Gasteiger partial charge in [-0.15, -0.1) is 0 Å². The lowest BCUT2D eigenvalue weighted by atomic mass is 10.1. The lowest BCUT2D eigenvalue weighted by molar-refractivity contribution is -0.139. The fourth-order valence-electron chi connectivity index (χ4n) is 1.18. The number of hydrogen-bond acceptors (Lipinski definition) is 3. The topological polar surface area (TPSA) is 38.3 Å². The molecule has 0 aliphatic carbocycles. The van der Waals surface area contributed by atoms with E-state index in [1.165, 1.54) is 16.2 Å². The highest BCUT2D eigenvalue weighted by atomic mass is 127. The summed E-state index contributed by atoms with van der Waals surface area (Å²) >= 11 is 2.26. The number of carbonyl (C=O) groups excluding carboxylic acids is 1. The first-order valence-electron chi connectivity index (χ1n) is 4.69. The van der Waals surface area contributed by atoms with Gasteiger partial charge in [-0.1, -0.05) is 12.1 Å². The van der Waals surface area contributed by atoms with Crippen LogP contribution in [0.15, 0.2) is 24.3 Å². The molecule has 0 amide bonds. The molecule has 0 heterocycles. The van der Waals surface area contributed by atoms with E-state index in [2.05, 4.69) is 44.8 Å². The zero-order valence-electron chi connectivity index (χ0n) is 8.79. The van der Waals surface area contributed by atoms with Gasteiger partial charge in [0.15, 0.2) is 0 Å². The summed E-state index contributed by atoms with van der Waals surface area (Å²) in [5.74, 6) is -0.243. The molecule has 0 spiro atoms. The molecule has 1 aromatic carbocycles. The standard InChI is InChI=1S/C11H14INO2/c1-8(13-7-11(14)15-2)9-3-5-10(12)6-4-9/h3-6,8,13H,7H2,1-2H3/t8-/m1/s1. The molecule has 15 heavy (non-hydrogen) atoms. The number of rotatable bonds is 4. The lowest BCUT2D eigenvalue weighted by Gasteiger charge is -2.13. The van der Waals surface area contributed by atoms with E-state index >= 15 is 0 Å². The Hall–Kier alpha value is -0.620. The van der Waals surface area contributed by atoms with Crippen LogP contribution in [0.3, 0.4) is 0 Å². The average Bonchev–Trinajstić information content (AvgIpc) is 2.26. The number of ether oxygens (including phenoxy) is 1. The van der Waals surface area contributed by atoms with Crippen molar-refractivity contribution in [3.63, 3.8) is 0 Å². The van der Waals surface area contributed by atoms with Crippen molar-refractivity contribution in [2.75, 3.05) is 13.7 Å². The molecular formula is C11H14INO2. The van der Waals surface area contributed by atoms with E-state index in [9.17, 15) is 4.79 Å². The molecule has 0 bridgehead atoms. The van der Waals surface area contributed by atoms with E-state index in [4.69, 9.17) is 0 Å². The number of methoxy groups -OCH3 is 1. The second-order valence-corrected chi connectivity index (χ2v) is 4.48. The van der Waals surface area contributed by atoms with Crippen LogP contribution in [0.2, 0.25) is 0 Å². The molecule has 0 unspecified atom stereocenters. The largest absolute Gasteiger partial charge is 0.468 e. The third-order valence-corrected chi connectivity index (χ3v) is 2.87. The summed E-state index contributed by atoms with van der Waals surface area (Å²) in [6.45, 7) is 2.26. The first-order valence-corrected chi connectivity index (χ1v) is 5.77. The molecule has 0 saturated heterocycles. The highest BCUT2D eigenvalue weighted by Gasteiger charge is 2.06. The summed E-state index contributed by atoms with van der Waals surface area (Å²) in [5, 5.41) is 3.09. The van der Waals surface area contributed by atoms with Crippen molar-refractivity contribution >= 4 is 28.6 Å². The maximum Gasteiger partial charge on any atom is 0.319 e. The number of benzene rings is 1. The molecule has 3 nitrogen and oxygen atoms in total. The molecule has 1 atom stereocenters. The highest BCUT2D eigenvalue weighted by Crippen LogP contribution is 2.13. The predicted octanol–water partition coefficient (Wildman–Crippen LogP) is 2.11. The molecule has 1 rings (SSSR count). The van der Waals surface area contributed by atoms with E-state index < -0.39 is 0 Å². The van der Waals surface area contributed by atoms with Crippen LogP contribution in [0, 0.1) is 3.57 Å². The zero-order chi connectivity index (χ0) is 11.3. The number of halogens is 1. The minimum atomic E-state index is -0.243. The fourth-order valence-corrected chi connectivity index (χ4v) is 1.54. The quantitative estimate of drug-likeness (QED) is 0.682. The van der Waals surface area contributed by atoms with Crippen LogP contribution >= 0.6 is 22.6 Å². The summed E-state index contributed by atoms with van der Waals surface area (Å²) in [7, 11) is 1.39.